The molecular formula is C15H22N2O3. The number of hydrogen-bond acceptors (Lipinski definition) is 4. The van der Waals surface area contributed by atoms with E-state index in [1.807, 2.05) is 38.1 Å². The molecule has 1 aromatic rings. The molecule has 2 rings (SSSR count). The molecule has 1 aliphatic heterocycles. The smallest absolute Gasteiger partial charge is 0.243 e. The van der Waals surface area contributed by atoms with Crippen LogP contribution in [0.4, 0.5) is 5.69 Å². The predicted octanol–water partition coefficient (Wildman–Crippen LogP) is 1.92. The number of methoxy groups -OCH3 is 1. The van der Waals surface area contributed by atoms with Crippen molar-refractivity contribution in [1.82, 2.24) is 0 Å². The molecule has 3 N–H and O–H groups in total. The lowest BCUT2D eigenvalue weighted by Gasteiger charge is -2.43. The van der Waals surface area contributed by atoms with E-state index in [2.05, 4.69) is 5.32 Å². The third-order valence-corrected chi connectivity index (χ3v) is 3.70. The summed E-state index contributed by atoms with van der Waals surface area (Å²) in [5.41, 5.74) is 5.24. The van der Waals surface area contributed by atoms with Gasteiger partial charge in [-0.3, -0.25) is 4.79 Å². The second-order valence-corrected chi connectivity index (χ2v) is 5.81. The molecule has 0 saturated carbocycles. The maximum Gasteiger partial charge on any atom is 0.243 e. The molecule has 1 unspecified atom stereocenters. The molecule has 20 heavy (non-hydrogen) atoms. The first-order chi connectivity index (χ1) is 9.38. The Hall–Kier alpha value is -1.75. The van der Waals surface area contributed by atoms with Gasteiger partial charge in [-0.15, -0.1) is 0 Å². The summed E-state index contributed by atoms with van der Waals surface area (Å²) in [6.45, 7) is 4.43. The highest BCUT2D eigenvalue weighted by Crippen LogP contribution is 2.36. The van der Waals surface area contributed by atoms with E-state index in [0.29, 0.717) is 25.2 Å². The van der Waals surface area contributed by atoms with Crippen LogP contribution in [0, 0.1) is 0 Å². The lowest BCUT2D eigenvalue weighted by Crippen LogP contribution is -2.58. The van der Waals surface area contributed by atoms with E-state index in [1.165, 1.54) is 0 Å². The molecule has 1 aromatic carbocycles. The van der Waals surface area contributed by atoms with Crippen LogP contribution in [0.25, 0.3) is 0 Å². The van der Waals surface area contributed by atoms with Crippen LogP contribution in [0.1, 0.15) is 26.7 Å². The van der Waals surface area contributed by atoms with E-state index in [1.54, 1.807) is 7.11 Å². The summed E-state index contributed by atoms with van der Waals surface area (Å²) in [6.07, 6.45) is 1.07. The van der Waals surface area contributed by atoms with Gasteiger partial charge in [-0.25, -0.2) is 0 Å². The Kier molecular flexibility index (Phi) is 3.90. The summed E-state index contributed by atoms with van der Waals surface area (Å²) < 4.78 is 11.0. The van der Waals surface area contributed by atoms with E-state index >= 15 is 0 Å². The van der Waals surface area contributed by atoms with Crippen molar-refractivity contribution < 1.29 is 14.3 Å². The number of anilines is 1. The number of primary amides is 1. The van der Waals surface area contributed by atoms with E-state index in [4.69, 9.17) is 15.2 Å². The lowest BCUT2D eigenvalue weighted by molar-refractivity contribution is -0.133. The Morgan fingerprint density at radius 3 is 2.70 bits per heavy atom. The zero-order valence-electron chi connectivity index (χ0n) is 12.2. The molecule has 1 amide bonds. The number of nitrogens with one attached hydrogen (secondary N) is 1. The number of nitrogens with two attached hydrogens (primary N) is 1. The molecule has 1 aliphatic rings. The van der Waals surface area contributed by atoms with Crippen molar-refractivity contribution in [3.8, 4) is 5.75 Å². The largest absolute Gasteiger partial charge is 0.495 e. The van der Waals surface area contributed by atoms with Crippen LogP contribution in [0.2, 0.25) is 0 Å². The first kappa shape index (κ1) is 14.7. The van der Waals surface area contributed by atoms with Crippen LogP contribution >= 0.6 is 0 Å². The van der Waals surface area contributed by atoms with Gasteiger partial charge in [-0.1, -0.05) is 12.1 Å². The number of para-hydroxylation sites is 2. The van der Waals surface area contributed by atoms with Crippen LogP contribution in [0.5, 0.6) is 5.75 Å². The highest BCUT2D eigenvalue weighted by Gasteiger charge is 2.45. The van der Waals surface area contributed by atoms with Gasteiger partial charge in [0.05, 0.1) is 25.0 Å². The Morgan fingerprint density at radius 1 is 1.40 bits per heavy atom. The summed E-state index contributed by atoms with van der Waals surface area (Å²) in [7, 11) is 1.60. The summed E-state index contributed by atoms with van der Waals surface area (Å²) in [4.78, 5) is 12.0. The van der Waals surface area contributed by atoms with Gasteiger partial charge in [-0.05, 0) is 26.0 Å². The molecule has 0 aromatic heterocycles. The van der Waals surface area contributed by atoms with Crippen molar-refractivity contribution >= 4 is 11.6 Å². The first-order valence-corrected chi connectivity index (χ1v) is 6.74. The number of rotatable bonds is 4. The van der Waals surface area contributed by atoms with Crippen molar-refractivity contribution in [2.75, 3.05) is 19.0 Å². The summed E-state index contributed by atoms with van der Waals surface area (Å²) in [6, 6.07) is 7.51. The fourth-order valence-corrected chi connectivity index (χ4v) is 2.75. The van der Waals surface area contributed by atoms with Gasteiger partial charge in [0.25, 0.3) is 0 Å². The number of carbonyl (C=O) groups excluding carboxylic acids is 1. The average Bonchev–Trinajstić information content (AvgIpc) is 2.38. The van der Waals surface area contributed by atoms with E-state index in [9.17, 15) is 4.79 Å². The molecule has 0 bridgehead atoms. The lowest BCUT2D eigenvalue weighted by atomic mass is 9.80. The van der Waals surface area contributed by atoms with E-state index < -0.39 is 5.54 Å². The van der Waals surface area contributed by atoms with Crippen molar-refractivity contribution in [3.63, 3.8) is 0 Å². The highest BCUT2D eigenvalue weighted by atomic mass is 16.5. The molecule has 0 spiro atoms. The average molecular weight is 278 g/mol. The Labute approximate surface area is 119 Å². The number of benzene rings is 1. The predicted molar refractivity (Wildman–Crippen MR) is 77.8 cm³/mol. The van der Waals surface area contributed by atoms with Crippen LogP contribution in [0.3, 0.4) is 0 Å². The third kappa shape index (κ3) is 2.88. The van der Waals surface area contributed by atoms with Gasteiger partial charge in [0, 0.05) is 12.8 Å². The zero-order chi connectivity index (χ0) is 14.8. The van der Waals surface area contributed by atoms with Gasteiger partial charge in [0.2, 0.25) is 5.91 Å². The minimum atomic E-state index is -0.809. The SMILES string of the molecule is COc1ccccc1NC1(C(N)=O)CCOC(C)(C)C1. The second kappa shape index (κ2) is 5.32. The zero-order valence-corrected chi connectivity index (χ0v) is 12.2. The van der Waals surface area contributed by atoms with E-state index in [-0.39, 0.29) is 11.5 Å². The maximum absolute atomic E-state index is 12.0. The monoisotopic (exact) mass is 278 g/mol. The highest BCUT2D eigenvalue weighted by molar-refractivity contribution is 5.88. The number of hydrogen-bond donors (Lipinski definition) is 2. The van der Waals surface area contributed by atoms with Gasteiger partial charge in [0.1, 0.15) is 11.3 Å². The fourth-order valence-electron chi connectivity index (χ4n) is 2.75. The first-order valence-electron chi connectivity index (χ1n) is 6.74. The summed E-state index contributed by atoms with van der Waals surface area (Å²) in [5, 5.41) is 3.29. The molecule has 5 heteroatoms. The van der Waals surface area contributed by atoms with Crippen LogP contribution in [0.15, 0.2) is 24.3 Å². The van der Waals surface area contributed by atoms with Gasteiger partial charge < -0.3 is 20.5 Å². The molecule has 110 valence electrons. The van der Waals surface area contributed by atoms with Crippen LogP contribution < -0.4 is 15.8 Å². The van der Waals surface area contributed by atoms with Crippen molar-refractivity contribution in [2.24, 2.45) is 5.73 Å². The van der Waals surface area contributed by atoms with Gasteiger partial charge in [0.15, 0.2) is 0 Å². The van der Waals surface area contributed by atoms with Crippen LogP contribution in [-0.4, -0.2) is 30.8 Å². The molecular weight excluding hydrogens is 256 g/mol. The van der Waals surface area contributed by atoms with Crippen molar-refractivity contribution in [3.05, 3.63) is 24.3 Å². The Morgan fingerprint density at radius 2 is 2.10 bits per heavy atom. The molecule has 0 radical (unpaired) electrons. The van der Waals surface area contributed by atoms with Crippen LogP contribution in [-0.2, 0) is 9.53 Å². The minimum Gasteiger partial charge on any atom is -0.495 e. The van der Waals surface area contributed by atoms with Crippen molar-refractivity contribution in [2.45, 2.75) is 37.8 Å². The summed E-state index contributed by atoms with van der Waals surface area (Å²) in [5.74, 6) is 0.331. The van der Waals surface area contributed by atoms with Gasteiger partial charge >= 0.3 is 0 Å². The molecule has 1 atom stereocenters. The number of carbonyl (C=O) groups is 1. The number of ether oxygens (including phenoxy) is 2. The molecule has 1 saturated heterocycles. The minimum absolute atomic E-state index is 0.361. The third-order valence-electron chi connectivity index (χ3n) is 3.70. The summed E-state index contributed by atoms with van der Waals surface area (Å²) >= 11 is 0. The Balaban J connectivity index is 2.32. The Bertz CT molecular complexity index is 502. The molecule has 0 aliphatic carbocycles. The fraction of sp³-hybridized carbons (Fsp3) is 0.533. The molecule has 5 nitrogen and oxygen atoms in total. The quantitative estimate of drug-likeness (QED) is 0.882. The van der Waals surface area contributed by atoms with Gasteiger partial charge in [-0.2, -0.15) is 0 Å². The van der Waals surface area contributed by atoms with E-state index in [0.717, 1.165) is 5.69 Å². The standard InChI is InChI=1S/C15H22N2O3/c1-14(2)10-15(13(16)18,8-9-20-14)17-11-6-4-5-7-12(11)19-3/h4-7,17H,8-10H2,1-3H3,(H2,16,18). The molecule has 1 heterocycles. The molecule has 1 fully saturated rings. The number of amides is 1. The topological polar surface area (TPSA) is 73.6 Å². The second-order valence-electron chi connectivity index (χ2n) is 5.81. The van der Waals surface area contributed by atoms with Crippen molar-refractivity contribution in [1.29, 1.82) is 0 Å². The maximum atomic E-state index is 12.0. The normalized spacial score (nSPS) is 24.9.